The molecule has 0 N–H and O–H groups in total. The predicted molar refractivity (Wildman–Crippen MR) is 123 cm³/mol. The molecule has 3 aliphatic heterocycles. The van der Waals surface area contributed by atoms with E-state index in [2.05, 4.69) is 39.0 Å². The van der Waals surface area contributed by atoms with Crippen LogP contribution in [0.15, 0.2) is 12.4 Å². The molecule has 0 aromatic carbocycles. The van der Waals surface area contributed by atoms with E-state index in [1.807, 2.05) is 0 Å². The lowest BCUT2D eigenvalue weighted by Crippen LogP contribution is -2.53. The summed E-state index contributed by atoms with van der Waals surface area (Å²) in [5.41, 5.74) is 1.33. The summed E-state index contributed by atoms with van der Waals surface area (Å²) >= 11 is 0. The fourth-order valence-corrected chi connectivity index (χ4v) is 6.49. The number of rotatable bonds is 5. The second kappa shape index (κ2) is 9.12. The molecule has 0 amide bonds. The predicted octanol–water partition coefficient (Wildman–Crippen LogP) is 1.99. The summed E-state index contributed by atoms with van der Waals surface area (Å²) in [5.74, 6) is 1.83. The largest absolute Gasteiger partial charge is 0.332 e. The Balaban J connectivity index is 1.13. The average Bonchev–Trinajstić information content (AvgIpc) is 3.05. The standard InChI is InChI=1S/C24H38N6O/c1-18(31)15-28-9-11-29(12-10-28)21-5-3-19(4-6-21)20-13-25-24(26-14-20)30-22-7-8-23(30)17-27(2)16-22/h13-14,19,21-23H,3-12,15-17H2,1-2H3. The molecule has 1 aromatic rings. The zero-order valence-electron chi connectivity index (χ0n) is 19.2. The van der Waals surface area contributed by atoms with Gasteiger partial charge < -0.3 is 9.80 Å². The Kier molecular flexibility index (Phi) is 6.26. The van der Waals surface area contributed by atoms with Gasteiger partial charge in [-0.2, -0.15) is 0 Å². The quantitative estimate of drug-likeness (QED) is 0.714. The Morgan fingerprint density at radius 3 is 2.06 bits per heavy atom. The van der Waals surface area contributed by atoms with Gasteiger partial charge in [-0.05, 0) is 64.0 Å². The van der Waals surface area contributed by atoms with Crippen molar-refractivity contribution in [3.8, 4) is 0 Å². The number of ketones is 1. The maximum atomic E-state index is 11.4. The van der Waals surface area contributed by atoms with Crippen LogP contribution in [0.4, 0.5) is 5.95 Å². The number of hydrogen-bond donors (Lipinski definition) is 0. The summed E-state index contributed by atoms with van der Waals surface area (Å²) in [7, 11) is 2.23. The van der Waals surface area contributed by atoms with Crippen molar-refractivity contribution in [2.45, 2.75) is 69.5 Å². The molecule has 3 saturated heterocycles. The fraction of sp³-hybridized carbons (Fsp3) is 0.792. The van der Waals surface area contributed by atoms with Crippen LogP contribution >= 0.6 is 0 Å². The topological polar surface area (TPSA) is 55.8 Å². The number of carbonyl (C=O) groups is 1. The first-order chi connectivity index (χ1) is 15.1. The van der Waals surface area contributed by atoms with E-state index in [1.54, 1.807) is 6.92 Å². The van der Waals surface area contributed by atoms with Gasteiger partial charge in [0.25, 0.3) is 0 Å². The van der Waals surface area contributed by atoms with Gasteiger partial charge in [0.2, 0.25) is 5.95 Å². The molecule has 2 atom stereocenters. The van der Waals surface area contributed by atoms with Crippen LogP contribution in [-0.2, 0) is 4.79 Å². The fourth-order valence-electron chi connectivity index (χ4n) is 6.49. The minimum absolute atomic E-state index is 0.280. The third-order valence-electron chi connectivity index (χ3n) is 8.09. The SMILES string of the molecule is CC(=O)CN1CCN(C2CCC(c3cnc(N4C5CCC4CN(C)C5)nc3)CC2)CC1. The van der Waals surface area contributed by atoms with Gasteiger partial charge in [0.05, 0.1) is 6.54 Å². The third kappa shape index (κ3) is 4.64. The van der Waals surface area contributed by atoms with Crippen LogP contribution in [-0.4, -0.2) is 101 Å². The van der Waals surface area contributed by atoms with Crippen LogP contribution in [0, 0.1) is 0 Å². The summed E-state index contributed by atoms with van der Waals surface area (Å²) in [6.45, 7) is 8.85. The molecule has 2 bridgehead atoms. The van der Waals surface area contributed by atoms with E-state index in [1.165, 1.54) is 44.1 Å². The molecule has 31 heavy (non-hydrogen) atoms. The normalized spacial score (nSPS) is 33.0. The van der Waals surface area contributed by atoms with Gasteiger partial charge in [-0.3, -0.25) is 14.6 Å². The molecular weight excluding hydrogens is 388 g/mol. The molecular formula is C24H38N6O. The van der Waals surface area contributed by atoms with Gasteiger partial charge in [-0.1, -0.05) is 0 Å². The molecule has 7 nitrogen and oxygen atoms in total. The van der Waals surface area contributed by atoms with Crippen molar-refractivity contribution in [3.63, 3.8) is 0 Å². The molecule has 4 fully saturated rings. The second-order valence-corrected chi connectivity index (χ2v) is 10.3. The summed E-state index contributed by atoms with van der Waals surface area (Å²) in [5, 5.41) is 0. The molecule has 0 spiro atoms. The van der Waals surface area contributed by atoms with E-state index < -0.39 is 0 Å². The molecule has 7 heteroatoms. The summed E-state index contributed by atoms with van der Waals surface area (Å²) < 4.78 is 0. The van der Waals surface area contributed by atoms with Crippen LogP contribution in [0.5, 0.6) is 0 Å². The number of fused-ring (bicyclic) bond motifs is 2. The highest BCUT2D eigenvalue weighted by molar-refractivity contribution is 5.77. The average molecular weight is 427 g/mol. The first-order valence-corrected chi connectivity index (χ1v) is 12.3. The van der Waals surface area contributed by atoms with E-state index in [4.69, 9.17) is 9.97 Å². The van der Waals surface area contributed by atoms with Gasteiger partial charge >= 0.3 is 0 Å². The third-order valence-corrected chi connectivity index (χ3v) is 8.09. The molecule has 1 aromatic heterocycles. The summed E-state index contributed by atoms with van der Waals surface area (Å²) in [6, 6.07) is 1.87. The molecule has 0 radical (unpaired) electrons. The van der Waals surface area contributed by atoms with Crippen molar-refractivity contribution in [2.75, 3.05) is 57.8 Å². The van der Waals surface area contributed by atoms with Crippen molar-refractivity contribution in [3.05, 3.63) is 18.0 Å². The van der Waals surface area contributed by atoms with Crippen LogP contribution in [0.1, 0.15) is 56.9 Å². The number of aromatic nitrogens is 2. The van der Waals surface area contributed by atoms with Crippen LogP contribution in [0.25, 0.3) is 0 Å². The number of hydrogen-bond acceptors (Lipinski definition) is 7. The van der Waals surface area contributed by atoms with Crippen molar-refractivity contribution in [1.82, 2.24) is 24.7 Å². The van der Waals surface area contributed by atoms with Gasteiger partial charge in [0.1, 0.15) is 5.78 Å². The maximum absolute atomic E-state index is 11.4. The first kappa shape index (κ1) is 21.3. The zero-order chi connectivity index (χ0) is 21.4. The Morgan fingerprint density at radius 2 is 1.48 bits per heavy atom. The van der Waals surface area contributed by atoms with Crippen LogP contribution in [0.3, 0.4) is 0 Å². The van der Waals surface area contributed by atoms with Gasteiger partial charge in [-0.15, -0.1) is 0 Å². The molecule has 4 heterocycles. The molecule has 5 rings (SSSR count). The first-order valence-electron chi connectivity index (χ1n) is 12.3. The van der Waals surface area contributed by atoms with Crippen LogP contribution in [0.2, 0.25) is 0 Å². The lowest BCUT2D eigenvalue weighted by atomic mass is 9.82. The molecule has 170 valence electrons. The Labute approximate surface area is 186 Å². The molecule has 2 unspecified atom stereocenters. The van der Waals surface area contributed by atoms with Gasteiger partial charge in [0, 0.05) is 69.8 Å². The highest BCUT2D eigenvalue weighted by atomic mass is 16.1. The van der Waals surface area contributed by atoms with Crippen LogP contribution < -0.4 is 4.90 Å². The number of anilines is 1. The Morgan fingerprint density at radius 1 is 0.903 bits per heavy atom. The molecule has 1 aliphatic carbocycles. The number of nitrogens with zero attached hydrogens (tertiary/aromatic N) is 6. The number of likely N-dealkylation sites (N-methyl/N-ethyl adjacent to an activating group) is 1. The van der Waals surface area contributed by atoms with Gasteiger partial charge in [-0.25, -0.2) is 9.97 Å². The van der Waals surface area contributed by atoms with Crippen molar-refractivity contribution < 1.29 is 4.79 Å². The highest BCUT2D eigenvalue weighted by Crippen LogP contribution is 2.36. The summed E-state index contributed by atoms with van der Waals surface area (Å²) in [4.78, 5) is 30.9. The van der Waals surface area contributed by atoms with E-state index >= 15 is 0 Å². The lowest BCUT2D eigenvalue weighted by molar-refractivity contribution is -0.118. The Hall–Kier alpha value is -1.57. The minimum atomic E-state index is 0.280. The van der Waals surface area contributed by atoms with E-state index in [0.29, 0.717) is 30.6 Å². The van der Waals surface area contributed by atoms with E-state index in [0.717, 1.165) is 45.2 Å². The number of Topliss-reactive ketones (excluding diaryl/α,β-unsaturated/α-hetero) is 1. The van der Waals surface area contributed by atoms with Crippen molar-refractivity contribution in [1.29, 1.82) is 0 Å². The summed E-state index contributed by atoms with van der Waals surface area (Å²) in [6.07, 6.45) is 11.8. The molecule has 4 aliphatic rings. The maximum Gasteiger partial charge on any atom is 0.225 e. The number of piperazine rings is 2. The molecule has 1 saturated carbocycles. The number of carbonyl (C=O) groups excluding carboxylic acids is 1. The zero-order valence-corrected chi connectivity index (χ0v) is 19.2. The van der Waals surface area contributed by atoms with Crippen molar-refractivity contribution in [2.24, 2.45) is 0 Å². The lowest BCUT2D eigenvalue weighted by Gasteiger charge is -2.42. The highest BCUT2D eigenvalue weighted by Gasteiger charge is 2.40. The Bertz CT molecular complexity index is 740. The minimum Gasteiger partial charge on any atom is -0.332 e. The van der Waals surface area contributed by atoms with E-state index in [-0.39, 0.29) is 5.78 Å². The second-order valence-electron chi connectivity index (χ2n) is 10.3. The van der Waals surface area contributed by atoms with Crippen molar-refractivity contribution >= 4 is 11.7 Å². The monoisotopic (exact) mass is 426 g/mol. The smallest absolute Gasteiger partial charge is 0.225 e. The van der Waals surface area contributed by atoms with E-state index in [9.17, 15) is 4.79 Å². The van der Waals surface area contributed by atoms with Gasteiger partial charge in [0.15, 0.2) is 0 Å². The number of likely N-dealkylation sites (tertiary alicyclic amines) is 1.